The standard InChI is InChI=1S/C24H24ClN5O4/c1-4-20(31)30-19(14-8-10-16(11-9-14)28(2)3)13-18(27-30)21-22(32)26-24(34)29(23(21)33)17-7-5-6-15(25)12-17/h5-12,19,33H,4,13H2,1-3H3,(H,26,32,34)/t19-/m0/s1. The van der Waals surface area contributed by atoms with Crippen molar-refractivity contribution in [2.75, 3.05) is 19.0 Å². The van der Waals surface area contributed by atoms with Crippen molar-refractivity contribution in [1.82, 2.24) is 14.6 Å². The number of aromatic nitrogens is 2. The van der Waals surface area contributed by atoms with Crippen LogP contribution in [0.4, 0.5) is 5.69 Å². The molecule has 2 aromatic carbocycles. The summed E-state index contributed by atoms with van der Waals surface area (Å²) in [6.07, 6.45) is 0.408. The van der Waals surface area contributed by atoms with Crippen molar-refractivity contribution in [3.8, 4) is 11.6 Å². The van der Waals surface area contributed by atoms with E-state index >= 15 is 0 Å². The minimum absolute atomic E-state index is 0.166. The van der Waals surface area contributed by atoms with E-state index in [0.29, 0.717) is 5.02 Å². The number of nitrogens with zero attached hydrogens (tertiary/aromatic N) is 4. The van der Waals surface area contributed by atoms with Crippen molar-refractivity contribution in [2.45, 2.75) is 25.8 Å². The fraction of sp³-hybridized carbons (Fsp3) is 0.250. The fourth-order valence-electron chi connectivity index (χ4n) is 3.95. The third-order valence-corrected chi connectivity index (χ3v) is 5.94. The molecule has 0 bridgehead atoms. The number of hydrogen-bond acceptors (Lipinski definition) is 6. The van der Waals surface area contributed by atoms with Gasteiger partial charge in [0.2, 0.25) is 11.8 Å². The Kier molecular flexibility index (Phi) is 6.30. The minimum atomic E-state index is -0.815. The zero-order chi connectivity index (χ0) is 24.6. The van der Waals surface area contributed by atoms with Crippen LogP contribution in [-0.4, -0.2) is 45.4 Å². The van der Waals surface area contributed by atoms with Crippen LogP contribution in [0.25, 0.3) is 5.69 Å². The molecular weight excluding hydrogens is 458 g/mol. The van der Waals surface area contributed by atoms with Crippen LogP contribution in [0.2, 0.25) is 5.02 Å². The molecule has 1 atom stereocenters. The lowest BCUT2D eigenvalue weighted by Crippen LogP contribution is -2.33. The highest BCUT2D eigenvalue weighted by Gasteiger charge is 2.35. The van der Waals surface area contributed by atoms with Crippen molar-refractivity contribution in [1.29, 1.82) is 0 Å². The Bertz CT molecular complexity index is 1390. The Balaban J connectivity index is 1.81. The molecule has 2 heterocycles. The summed E-state index contributed by atoms with van der Waals surface area (Å²) in [5.41, 5.74) is 0.558. The minimum Gasteiger partial charge on any atom is -0.493 e. The molecule has 0 saturated heterocycles. The summed E-state index contributed by atoms with van der Waals surface area (Å²) in [6, 6.07) is 13.5. The first-order chi connectivity index (χ1) is 16.2. The monoisotopic (exact) mass is 481 g/mol. The number of halogens is 1. The average Bonchev–Trinajstić information content (AvgIpc) is 3.23. The van der Waals surface area contributed by atoms with E-state index in [1.165, 1.54) is 11.1 Å². The predicted molar refractivity (Wildman–Crippen MR) is 131 cm³/mol. The van der Waals surface area contributed by atoms with Crippen LogP contribution in [0.5, 0.6) is 5.88 Å². The number of hydrazone groups is 1. The number of rotatable bonds is 5. The molecular formula is C24H24ClN5O4. The van der Waals surface area contributed by atoms with Gasteiger partial charge >= 0.3 is 5.69 Å². The van der Waals surface area contributed by atoms with Crippen molar-refractivity contribution >= 4 is 28.9 Å². The van der Waals surface area contributed by atoms with Gasteiger partial charge in [0, 0.05) is 37.6 Å². The number of carbonyl (C=O) groups is 1. The van der Waals surface area contributed by atoms with Crippen LogP contribution in [0.15, 0.2) is 63.2 Å². The van der Waals surface area contributed by atoms with Crippen LogP contribution in [0.1, 0.15) is 36.9 Å². The molecule has 9 nitrogen and oxygen atoms in total. The number of aromatic hydroxyl groups is 1. The van der Waals surface area contributed by atoms with Gasteiger partial charge < -0.3 is 10.0 Å². The van der Waals surface area contributed by atoms with E-state index < -0.39 is 23.2 Å². The normalized spacial score (nSPS) is 15.4. The maximum Gasteiger partial charge on any atom is 0.335 e. The third kappa shape index (κ3) is 4.22. The van der Waals surface area contributed by atoms with Crippen LogP contribution in [0.3, 0.4) is 0 Å². The van der Waals surface area contributed by atoms with Gasteiger partial charge in [-0.25, -0.2) is 14.4 Å². The molecule has 1 amide bonds. The summed E-state index contributed by atoms with van der Waals surface area (Å²) in [6.45, 7) is 1.73. The van der Waals surface area contributed by atoms with Gasteiger partial charge in [0.1, 0.15) is 5.56 Å². The summed E-state index contributed by atoms with van der Waals surface area (Å²) < 4.78 is 0.955. The molecule has 0 spiro atoms. The quantitative estimate of drug-likeness (QED) is 0.582. The van der Waals surface area contributed by atoms with Crippen LogP contribution in [0, 0.1) is 0 Å². The van der Waals surface area contributed by atoms with Crippen LogP contribution < -0.4 is 16.1 Å². The molecule has 1 aromatic heterocycles. The molecule has 4 rings (SSSR count). The van der Waals surface area contributed by atoms with Gasteiger partial charge in [0.05, 0.1) is 17.4 Å². The molecule has 0 unspecified atom stereocenters. The zero-order valence-electron chi connectivity index (χ0n) is 18.9. The Morgan fingerprint density at radius 1 is 1.21 bits per heavy atom. The molecule has 0 fully saturated rings. The highest BCUT2D eigenvalue weighted by molar-refractivity contribution is 6.30. The Hall–Kier alpha value is -3.85. The molecule has 0 radical (unpaired) electrons. The molecule has 34 heavy (non-hydrogen) atoms. The first kappa shape index (κ1) is 23.3. The van der Waals surface area contributed by atoms with E-state index in [4.69, 9.17) is 11.6 Å². The summed E-state index contributed by atoms with van der Waals surface area (Å²) in [5.74, 6) is -0.793. The molecule has 1 aliphatic heterocycles. The van der Waals surface area contributed by atoms with Gasteiger partial charge in [0.15, 0.2) is 0 Å². The summed E-state index contributed by atoms with van der Waals surface area (Å²) >= 11 is 6.05. The number of nitrogens with one attached hydrogen (secondary N) is 1. The van der Waals surface area contributed by atoms with E-state index in [1.54, 1.807) is 25.1 Å². The van der Waals surface area contributed by atoms with Gasteiger partial charge in [-0.15, -0.1) is 0 Å². The number of aromatic amines is 1. The van der Waals surface area contributed by atoms with Crippen molar-refractivity contribution < 1.29 is 9.90 Å². The lowest BCUT2D eigenvalue weighted by atomic mass is 9.98. The number of hydrogen-bond donors (Lipinski definition) is 2. The van der Waals surface area contributed by atoms with Gasteiger partial charge in [0.25, 0.3) is 5.56 Å². The molecule has 2 N–H and O–H groups in total. The first-order valence-electron chi connectivity index (χ1n) is 10.7. The van der Waals surface area contributed by atoms with Crippen molar-refractivity contribution in [3.05, 3.63) is 85.5 Å². The molecule has 0 aliphatic carbocycles. The van der Waals surface area contributed by atoms with E-state index in [0.717, 1.165) is 15.8 Å². The van der Waals surface area contributed by atoms with Gasteiger partial charge in [-0.3, -0.25) is 14.6 Å². The van der Waals surface area contributed by atoms with Crippen LogP contribution in [-0.2, 0) is 4.79 Å². The highest BCUT2D eigenvalue weighted by Crippen LogP contribution is 2.35. The predicted octanol–water partition coefficient (Wildman–Crippen LogP) is 3.04. The van der Waals surface area contributed by atoms with E-state index in [-0.39, 0.29) is 35.7 Å². The average molecular weight is 482 g/mol. The van der Waals surface area contributed by atoms with Crippen molar-refractivity contribution in [2.24, 2.45) is 5.10 Å². The SMILES string of the molecule is CCC(=O)N1N=C(c2c(O)n(-c3cccc(Cl)c3)c(=O)[nH]c2=O)C[C@H]1c1ccc(N(C)C)cc1. The topological polar surface area (TPSA) is 111 Å². The Morgan fingerprint density at radius 3 is 2.53 bits per heavy atom. The van der Waals surface area contributed by atoms with E-state index in [9.17, 15) is 19.5 Å². The fourth-order valence-corrected chi connectivity index (χ4v) is 4.13. The van der Waals surface area contributed by atoms with Gasteiger partial charge in [-0.1, -0.05) is 36.7 Å². The summed E-state index contributed by atoms with van der Waals surface area (Å²) in [4.78, 5) is 42.2. The number of carbonyl (C=O) groups excluding carboxylic acids is 1. The molecule has 1 aliphatic rings. The number of benzene rings is 2. The maximum absolute atomic E-state index is 12.8. The van der Waals surface area contributed by atoms with E-state index in [1.807, 2.05) is 43.3 Å². The maximum atomic E-state index is 12.8. The number of amides is 1. The van der Waals surface area contributed by atoms with Crippen molar-refractivity contribution in [3.63, 3.8) is 0 Å². The lowest BCUT2D eigenvalue weighted by molar-refractivity contribution is -0.132. The Morgan fingerprint density at radius 2 is 1.91 bits per heavy atom. The molecule has 3 aromatic rings. The smallest absolute Gasteiger partial charge is 0.335 e. The number of H-pyrrole nitrogens is 1. The highest BCUT2D eigenvalue weighted by atomic mass is 35.5. The van der Waals surface area contributed by atoms with Crippen LogP contribution >= 0.6 is 11.6 Å². The zero-order valence-corrected chi connectivity index (χ0v) is 19.7. The second-order valence-corrected chi connectivity index (χ2v) is 8.55. The largest absolute Gasteiger partial charge is 0.493 e. The second kappa shape index (κ2) is 9.18. The second-order valence-electron chi connectivity index (χ2n) is 8.12. The molecule has 0 saturated carbocycles. The Labute approximate surface area is 200 Å². The summed E-state index contributed by atoms with van der Waals surface area (Å²) in [7, 11) is 3.87. The van der Waals surface area contributed by atoms with Gasteiger partial charge in [-0.05, 0) is 35.9 Å². The summed E-state index contributed by atoms with van der Waals surface area (Å²) in [5, 5.41) is 17.1. The number of anilines is 1. The lowest BCUT2D eigenvalue weighted by Gasteiger charge is -2.22. The molecule has 176 valence electrons. The first-order valence-corrected chi connectivity index (χ1v) is 11.1. The molecule has 10 heteroatoms. The van der Waals surface area contributed by atoms with Gasteiger partial charge in [-0.2, -0.15) is 5.10 Å². The third-order valence-electron chi connectivity index (χ3n) is 5.70. The van der Waals surface area contributed by atoms with E-state index in [2.05, 4.69) is 10.1 Å².